The Morgan fingerprint density at radius 2 is 1.95 bits per heavy atom. The summed E-state index contributed by atoms with van der Waals surface area (Å²) in [6.07, 6.45) is 1.22. The summed E-state index contributed by atoms with van der Waals surface area (Å²) in [6.45, 7) is 1.88. The van der Waals surface area contributed by atoms with Crippen molar-refractivity contribution in [2.24, 2.45) is 23.2 Å². The fourth-order valence-corrected chi connectivity index (χ4v) is 4.70. The maximum atomic E-state index is 13.0. The zero-order valence-corrected chi connectivity index (χ0v) is 12.1. The molecule has 0 unspecified atom stereocenters. The van der Waals surface area contributed by atoms with E-state index in [4.69, 9.17) is 9.47 Å². The van der Waals surface area contributed by atoms with Crippen LogP contribution in [0.2, 0.25) is 0 Å². The number of Topliss-reactive ketones (excluding diaryl/α,β-unsaturated/α-hetero) is 1. The fraction of sp³-hybridized carbons (Fsp3) is 0.529. The summed E-state index contributed by atoms with van der Waals surface area (Å²) in [5.41, 5.74) is -0.0910. The van der Waals surface area contributed by atoms with Gasteiger partial charge in [0.2, 0.25) is 0 Å². The van der Waals surface area contributed by atoms with Crippen molar-refractivity contribution >= 4 is 11.8 Å². The second-order valence-corrected chi connectivity index (χ2v) is 6.55. The highest BCUT2D eigenvalue weighted by Crippen LogP contribution is 2.67. The lowest BCUT2D eigenvalue weighted by molar-refractivity contribution is -0.157. The molecule has 21 heavy (non-hydrogen) atoms. The third-order valence-electron chi connectivity index (χ3n) is 5.72. The molecule has 2 aliphatic carbocycles. The first-order chi connectivity index (χ1) is 10.1. The number of ether oxygens (including phenoxy) is 2. The van der Waals surface area contributed by atoms with Crippen LogP contribution in [0, 0.1) is 23.2 Å². The molecule has 3 fully saturated rings. The summed E-state index contributed by atoms with van der Waals surface area (Å²) in [6, 6.07) is 9.23. The van der Waals surface area contributed by atoms with Crippen molar-refractivity contribution in [3.63, 3.8) is 0 Å². The molecule has 4 heteroatoms. The molecule has 1 saturated heterocycles. The van der Waals surface area contributed by atoms with Gasteiger partial charge in [-0.05, 0) is 19.3 Å². The molecule has 1 aromatic rings. The number of epoxide rings is 1. The van der Waals surface area contributed by atoms with Crippen molar-refractivity contribution in [2.45, 2.75) is 25.6 Å². The average molecular weight is 286 g/mol. The highest BCUT2D eigenvalue weighted by Gasteiger charge is 2.75. The number of esters is 1. The lowest BCUT2D eigenvalue weighted by Crippen LogP contribution is -2.47. The smallest absolute Gasteiger partial charge is 0.312 e. The average Bonchev–Trinajstić information content (AvgIpc) is 3.16. The number of methoxy groups -OCH3 is 1. The molecule has 3 aliphatic rings. The van der Waals surface area contributed by atoms with Crippen LogP contribution >= 0.6 is 0 Å². The van der Waals surface area contributed by atoms with Crippen molar-refractivity contribution in [1.82, 2.24) is 0 Å². The number of hydrogen-bond donors (Lipinski definition) is 0. The molecule has 0 spiro atoms. The molecule has 1 aromatic carbocycles. The van der Waals surface area contributed by atoms with Gasteiger partial charge in [0.25, 0.3) is 0 Å². The molecule has 6 atom stereocenters. The third-order valence-corrected chi connectivity index (χ3v) is 5.72. The van der Waals surface area contributed by atoms with Crippen molar-refractivity contribution in [2.75, 3.05) is 7.11 Å². The predicted octanol–water partition coefficient (Wildman–Crippen LogP) is 2.08. The van der Waals surface area contributed by atoms with Crippen molar-refractivity contribution < 1.29 is 19.1 Å². The first kappa shape index (κ1) is 13.0. The van der Waals surface area contributed by atoms with Crippen LogP contribution in [0.3, 0.4) is 0 Å². The van der Waals surface area contributed by atoms with Gasteiger partial charge < -0.3 is 9.47 Å². The minimum atomic E-state index is -0.760. The summed E-state index contributed by atoms with van der Waals surface area (Å²) in [4.78, 5) is 25.4. The Kier molecular flexibility index (Phi) is 2.58. The van der Waals surface area contributed by atoms with Gasteiger partial charge in [0.15, 0.2) is 5.78 Å². The number of rotatable bonds is 3. The Morgan fingerprint density at radius 1 is 1.24 bits per heavy atom. The molecular formula is C17H18O4. The monoisotopic (exact) mass is 286 g/mol. The second kappa shape index (κ2) is 4.17. The zero-order chi connectivity index (χ0) is 14.8. The van der Waals surface area contributed by atoms with E-state index >= 15 is 0 Å². The van der Waals surface area contributed by atoms with E-state index in [-0.39, 0.29) is 41.7 Å². The summed E-state index contributed by atoms with van der Waals surface area (Å²) in [7, 11) is 1.40. The molecular weight excluding hydrogens is 268 g/mol. The Bertz CT molecular complexity index is 610. The van der Waals surface area contributed by atoms with Crippen LogP contribution < -0.4 is 0 Å². The van der Waals surface area contributed by atoms with Gasteiger partial charge >= 0.3 is 5.97 Å². The highest BCUT2D eigenvalue weighted by atomic mass is 16.6. The molecule has 2 bridgehead atoms. The molecule has 110 valence electrons. The number of carbonyl (C=O) groups is 2. The van der Waals surface area contributed by atoms with Gasteiger partial charge in [-0.25, -0.2) is 0 Å². The van der Waals surface area contributed by atoms with Gasteiger partial charge in [-0.1, -0.05) is 30.3 Å². The van der Waals surface area contributed by atoms with Gasteiger partial charge in [-0.3, -0.25) is 9.59 Å². The molecule has 4 rings (SSSR count). The number of hydrogen-bond acceptors (Lipinski definition) is 4. The van der Waals surface area contributed by atoms with Gasteiger partial charge in [-0.15, -0.1) is 0 Å². The van der Waals surface area contributed by atoms with E-state index < -0.39 is 5.41 Å². The standard InChI is InChI=1S/C17H18O4/c1-17(16(19)20-2)11-8-10(14-15(11)21-14)12(17)13(18)9-6-4-3-5-7-9/h3-7,10-12,14-15H,8H2,1-2H3/t10-,11+,12+,14+,15+,17+/m1/s1. The first-order valence-corrected chi connectivity index (χ1v) is 7.42. The molecule has 0 N–H and O–H groups in total. The normalized spacial score (nSPS) is 42.5. The minimum absolute atomic E-state index is 0.0463. The molecule has 0 aromatic heterocycles. The number of fused-ring (bicyclic) bond motifs is 5. The van der Waals surface area contributed by atoms with Gasteiger partial charge in [-0.2, -0.15) is 0 Å². The Morgan fingerprint density at radius 3 is 2.62 bits per heavy atom. The van der Waals surface area contributed by atoms with Crippen LogP contribution in [-0.2, 0) is 14.3 Å². The van der Waals surface area contributed by atoms with E-state index in [1.54, 1.807) is 0 Å². The first-order valence-electron chi connectivity index (χ1n) is 7.42. The molecule has 1 heterocycles. The largest absolute Gasteiger partial charge is 0.469 e. The molecule has 2 saturated carbocycles. The molecule has 4 nitrogen and oxygen atoms in total. The quantitative estimate of drug-likeness (QED) is 0.485. The van der Waals surface area contributed by atoms with Crippen LogP contribution in [0.15, 0.2) is 30.3 Å². The van der Waals surface area contributed by atoms with E-state index in [0.717, 1.165) is 6.42 Å². The molecule has 0 amide bonds. The minimum Gasteiger partial charge on any atom is -0.469 e. The maximum Gasteiger partial charge on any atom is 0.312 e. The topological polar surface area (TPSA) is 55.9 Å². The predicted molar refractivity (Wildman–Crippen MR) is 74.6 cm³/mol. The summed E-state index contributed by atoms with van der Waals surface area (Å²) in [5, 5.41) is 0. The molecule has 1 aliphatic heterocycles. The van der Waals surface area contributed by atoms with Crippen molar-refractivity contribution in [3.05, 3.63) is 35.9 Å². The second-order valence-electron chi connectivity index (χ2n) is 6.55. The van der Waals surface area contributed by atoms with Crippen LogP contribution in [0.25, 0.3) is 0 Å². The van der Waals surface area contributed by atoms with E-state index in [2.05, 4.69) is 0 Å². The lowest BCUT2D eigenvalue weighted by Gasteiger charge is -2.35. The zero-order valence-electron chi connectivity index (χ0n) is 12.1. The van der Waals surface area contributed by atoms with E-state index in [1.807, 2.05) is 37.3 Å². The third kappa shape index (κ3) is 1.54. The maximum absolute atomic E-state index is 13.0. The highest BCUT2D eigenvalue weighted by molar-refractivity contribution is 6.02. The van der Waals surface area contributed by atoms with Gasteiger partial charge in [0.1, 0.15) is 0 Å². The lowest BCUT2D eigenvalue weighted by atomic mass is 9.65. The summed E-state index contributed by atoms with van der Waals surface area (Å²) < 4.78 is 10.7. The summed E-state index contributed by atoms with van der Waals surface area (Å²) in [5.74, 6) is -0.307. The van der Waals surface area contributed by atoms with Crippen LogP contribution in [-0.4, -0.2) is 31.1 Å². The van der Waals surface area contributed by atoms with E-state index in [9.17, 15) is 9.59 Å². The van der Waals surface area contributed by atoms with Crippen molar-refractivity contribution in [3.8, 4) is 0 Å². The van der Waals surface area contributed by atoms with Crippen molar-refractivity contribution in [1.29, 1.82) is 0 Å². The fourth-order valence-electron chi connectivity index (χ4n) is 4.70. The number of benzene rings is 1. The van der Waals surface area contributed by atoms with Crippen LogP contribution in [0.5, 0.6) is 0 Å². The van der Waals surface area contributed by atoms with Crippen LogP contribution in [0.4, 0.5) is 0 Å². The SMILES string of the molecule is COC(=O)[C@]1(C)[C@H](C(=O)c2ccccc2)[C@H]2C[C@H]1[C@@H]1O[C@@H]21. The Balaban J connectivity index is 1.75. The summed E-state index contributed by atoms with van der Waals surface area (Å²) >= 11 is 0. The Hall–Kier alpha value is -1.68. The number of carbonyl (C=O) groups excluding carboxylic acids is 2. The molecule has 0 radical (unpaired) electrons. The van der Waals surface area contributed by atoms with Gasteiger partial charge in [0, 0.05) is 17.4 Å². The number of ketones is 1. The van der Waals surface area contributed by atoms with Crippen LogP contribution in [0.1, 0.15) is 23.7 Å². The Labute approximate surface area is 123 Å². The van der Waals surface area contributed by atoms with E-state index in [1.165, 1.54) is 7.11 Å². The van der Waals surface area contributed by atoms with E-state index in [0.29, 0.717) is 5.56 Å². The van der Waals surface area contributed by atoms with Gasteiger partial charge in [0.05, 0.1) is 24.7 Å².